The molecule has 0 atom stereocenters. The standard InChI is InChI=1S/C18H12N4O2/c19-22-11-5-3-7-15-18(11)21-13-9-16-12(8-17(13)24-15)20-10-4-1-2-6-14(10)23-16/h1-9,19-21H. The maximum atomic E-state index is 7.30. The Kier molecular flexibility index (Phi) is 2.55. The van der Waals surface area contributed by atoms with E-state index >= 15 is 0 Å². The minimum absolute atomic E-state index is 0.528. The van der Waals surface area contributed by atoms with Crippen LogP contribution in [0.15, 0.2) is 68.5 Å². The third-order valence-corrected chi connectivity index (χ3v) is 4.06. The SMILES string of the molecule is N=Nc1cccc2oc3cc4[nH]c5ccccc5oc4cc3[nH]c12. The van der Waals surface area contributed by atoms with Gasteiger partial charge >= 0.3 is 0 Å². The van der Waals surface area contributed by atoms with Gasteiger partial charge in [-0.3, -0.25) is 0 Å². The molecule has 0 fully saturated rings. The summed E-state index contributed by atoms with van der Waals surface area (Å²) in [6.45, 7) is 0. The van der Waals surface area contributed by atoms with Crippen molar-refractivity contribution in [3.05, 3.63) is 54.6 Å². The van der Waals surface area contributed by atoms with Crippen molar-refractivity contribution in [1.82, 2.24) is 9.97 Å². The molecule has 2 aromatic heterocycles. The molecule has 6 nitrogen and oxygen atoms in total. The molecule has 3 N–H and O–H groups in total. The number of aromatic amines is 2. The number of rotatable bonds is 1. The van der Waals surface area contributed by atoms with Crippen molar-refractivity contribution in [3.8, 4) is 0 Å². The van der Waals surface area contributed by atoms with Gasteiger partial charge in [0, 0.05) is 12.1 Å². The highest BCUT2D eigenvalue weighted by Crippen LogP contribution is 2.30. The summed E-state index contributed by atoms with van der Waals surface area (Å²) in [5, 5.41) is 3.54. The summed E-state index contributed by atoms with van der Waals surface area (Å²) in [5.74, 6) is 0. The summed E-state index contributed by atoms with van der Waals surface area (Å²) in [6, 6.07) is 17.0. The molecule has 0 unspecified atom stereocenters. The predicted molar refractivity (Wildman–Crippen MR) is 92.1 cm³/mol. The second kappa shape index (κ2) is 4.73. The minimum atomic E-state index is 0.528. The molecule has 24 heavy (non-hydrogen) atoms. The molecular weight excluding hydrogens is 304 g/mol. The molecule has 0 aliphatic heterocycles. The first-order valence-electron chi connectivity index (χ1n) is 7.49. The number of H-pyrrole nitrogens is 2. The number of benzene rings is 3. The number of hydrogen-bond donors (Lipinski definition) is 3. The second-order valence-corrected chi connectivity index (χ2v) is 5.56. The van der Waals surface area contributed by atoms with E-state index in [9.17, 15) is 0 Å². The number of para-hydroxylation sites is 3. The van der Waals surface area contributed by atoms with Crippen LogP contribution in [-0.4, -0.2) is 9.97 Å². The van der Waals surface area contributed by atoms with Gasteiger partial charge in [0.15, 0.2) is 22.3 Å². The summed E-state index contributed by atoms with van der Waals surface area (Å²) >= 11 is 0. The lowest BCUT2D eigenvalue weighted by Gasteiger charge is -2.07. The number of nitrogens with one attached hydrogen (secondary N) is 3. The molecule has 0 bridgehead atoms. The Bertz CT molecular complexity index is 1280. The van der Waals surface area contributed by atoms with Crippen molar-refractivity contribution in [2.45, 2.75) is 0 Å². The quantitative estimate of drug-likeness (QED) is 0.264. The first kappa shape index (κ1) is 13.0. The summed E-state index contributed by atoms with van der Waals surface area (Å²) in [4.78, 5) is 6.64. The van der Waals surface area contributed by atoms with Gasteiger partial charge in [0.05, 0.1) is 16.6 Å². The molecule has 5 rings (SSSR count). The fourth-order valence-electron chi connectivity index (χ4n) is 2.92. The van der Waals surface area contributed by atoms with Gasteiger partial charge < -0.3 is 18.8 Å². The van der Waals surface area contributed by atoms with E-state index in [0.717, 1.165) is 22.1 Å². The first-order chi connectivity index (χ1) is 11.8. The van der Waals surface area contributed by atoms with E-state index in [2.05, 4.69) is 15.1 Å². The fourth-order valence-corrected chi connectivity index (χ4v) is 2.92. The normalized spacial score (nSPS) is 11.5. The van der Waals surface area contributed by atoms with Crippen LogP contribution in [0.4, 0.5) is 5.69 Å². The number of fused-ring (bicyclic) bond motifs is 4. The molecule has 2 heterocycles. The van der Waals surface area contributed by atoms with E-state index in [0.29, 0.717) is 28.0 Å². The van der Waals surface area contributed by atoms with Crippen LogP contribution < -0.4 is 0 Å². The average molecular weight is 316 g/mol. The van der Waals surface area contributed by atoms with E-state index < -0.39 is 0 Å². The summed E-state index contributed by atoms with van der Waals surface area (Å²) < 4.78 is 11.9. The van der Waals surface area contributed by atoms with Crippen molar-refractivity contribution >= 4 is 50.1 Å². The van der Waals surface area contributed by atoms with E-state index in [1.54, 1.807) is 6.07 Å². The molecule has 116 valence electrons. The van der Waals surface area contributed by atoms with Crippen LogP contribution in [0.3, 0.4) is 0 Å². The Morgan fingerprint density at radius 1 is 0.708 bits per heavy atom. The summed E-state index contributed by atoms with van der Waals surface area (Å²) in [7, 11) is 0. The molecule has 3 aromatic carbocycles. The summed E-state index contributed by atoms with van der Waals surface area (Å²) in [6.07, 6.45) is 0. The summed E-state index contributed by atoms with van der Waals surface area (Å²) in [5.41, 5.74) is 13.9. The van der Waals surface area contributed by atoms with Crippen LogP contribution in [0, 0.1) is 5.53 Å². The molecule has 0 saturated carbocycles. The third kappa shape index (κ3) is 1.83. The molecule has 0 aliphatic rings. The van der Waals surface area contributed by atoms with Gasteiger partial charge in [-0.1, -0.05) is 18.2 Å². The monoisotopic (exact) mass is 316 g/mol. The van der Waals surface area contributed by atoms with E-state index in [1.807, 2.05) is 48.5 Å². The molecule has 6 heteroatoms. The van der Waals surface area contributed by atoms with Crippen molar-refractivity contribution in [3.63, 3.8) is 0 Å². The van der Waals surface area contributed by atoms with Gasteiger partial charge in [-0.15, -0.1) is 0 Å². The van der Waals surface area contributed by atoms with Gasteiger partial charge in [0.25, 0.3) is 0 Å². The van der Waals surface area contributed by atoms with Crippen LogP contribution in [0.1, 0.15) is 0 Å². The molecule has 0 radical (unpaired) electrons. The van der Waals surface area contributed by atoms with Crippen molar-refractivity contribution in [2.24, 2.45) is 5.11 Å². The molecule has 0 amide bonds. The van der Waals surface area contributed by atoms with Gasteiger partial charge in [0.1, 0.15) is 11.2 Å². The van der Waals surface area contributed by atoms with Gasteiger partial charge in [-0.2, -0.15) is 5.11 Å². The number of aromatic nitrogens is 2. The highest BCUT2D eigenvalue weighted by atomic mass is 16.3. The lowest BCUT2D eigenvalue weighted by Crippen LogP contribution is -1.87. The zero-order valence-electron chi connectivity index (χ0n) is 12.5. The average Bonchev–Trinajstić information content (AvgIpc) is 2.62. The van der Waals surface area contributed by atoms with Crippen LogP contribution >= 0.6 is 0 Å². The van der Waals surface area contributed by atoms with E-state index in [1.165, 1.54) is 0 Å². The maximum Gasteiger partial charge on any atom is 0.153 e. The Balaban J connectivity index is 1.91. The Hall–Kier alpha value is -3.54. The number of hydrogen-bond acceptors (Lipinski definition) is 4. The van der Waals surface area contributed by atoms with E-state index in [4.69, 9.17) is 14.4 Å². The minimum Gasteiger partial charge on any atom is -0.453 e. The Labute approximate surface area is 134 Å². The Morgan fingerprint density at radius 3 is 2.25 bits per heavy atom. The van der Waals surface area contributed by atoms with Crippen LogP contribution in [0.2, 0.25) is 0 Å². The molecule has 5 aromatic rings. The van der Waals surface area contributed by atoms with Gasteiger partial charge in [-0.05, 0) is 24.3 Å². The predicted octanol–water partition coefficient (Wildman–Crippen LogP) is 5.93. The topological polar surface area (TPSA) is 94.1 Å². The third-order valence-electron chi connectivity index (χ3n) is 4.06. The van der Waals surface area contributed by atoms with Crippen molar-refractivity contribution in [2.75, 3.05) is 0 Å². The molecular formula is C18H12N4O2. The zero-order valence-corrected chi connectivity index (χ0v) is 12.5. The second-order valence-electron chi connectivity index (χ2n) is 5.56. The molecule has 0 spiro atoms. The molecule has 0 saturated heterocycles. The number of nitrogens with zero attached hydrogens (tertiary/aromatic N) is 1. The van der Waals surface area contributed by atoms with Crippen LogP contribution in [-0.2, 0) is 0 Å². The highest BCUT2D eigenvalue weighted by molar-refractivity contribution is 5.96. The van der Waals surface area contributed by atoms with Crippen LogP contribution in [0.25, 0.3) is 44.4 Å². The smallest absolute Gasteiger partial charge is 0.153 e. The maximum absolute atomic E-state index is 7.30. The molecule has 0 aliphatic carbocycles. The Morgan fingerprint density at radius 2 is 1.42 bits per heavy atom. The van der Waals surface area contributed by atoms with Gasteiger partial charge in [-0.25, -0.2) is 5.53 Å². The van der Waals surface area contributed by atoms with Crippen LogP contribution in [0.5, 0.6) is 0 Å². The lowest BCUT2D eigenvalue weighted by molar-refractivity contribution is 0.648. The van der Waals surface area contributed by atoms with Crippen molar-refractivity contribution in [1.29, 1.82) is 5.53 Å². The van der Waals surface area contributed by atoms with Gasteiger partial charge in [0.2, 0.25) is 0 Å². The lowest BCUT2D eigenvalue weighted by atomic mass is 10.2. The first-order valence-corrected chi connectivity index (χ1v) is 7.49. The fraction of sp³-hybridized carbons (Fsp3) is 0. The largest absolute Gasteiger partial charge is 0.453 e. The zero-order chi connectivity index (χ0) is 16.1. The van der Waals surface area contributed by atoms with Crippen molar-refractivity contribution < 1.29 is 8.83 Å². The van der Waals surface area contributed by atoms with E-state index in [-0.39, 0.29) is 0 Å². The highest BCUT2D eigenvalue weighted by Gasteiger charge is 2.08.